The minimum absolute atomic E-state index is 0.0833. The quantitative estimate of drug-likeness (QED) is 0.889. The molecular weight excluding hydrogens is 247 g/mol. The van der Waals surface area contributed by atoms with E-state index in [0.717, 1.165) is 0 Å². The first-order chi connectivity index (χ1) is 8.82. The summed E-state index contributed by atoms with van der Waals surface area (Å²) in [6.07, 6.45) is 0. The maximum atomic E-state index is 13.2. The van der Waals surface area contributed by atoms with Gasteiger partial charge in [0.1, 0.15) is 11.6 Å². The van der Waals surface area contributed by atoms with Crippen LogP contribution < -0.4 is 10.5 Å². The van der Waals surface area contributed by atoms with Crippen LogP contribution in [0.4, 0.5) is 4.39 Å². The number of amides is 1. The number of carbonyl (C=O) groups is 1. The molecule has 106 valence electrons. The Labute approximate surface area is 113 Å². The smallest absolute Gasteiger partial charge is 0.260 e. The van der Waals surface area contributed by atoms with Crippen molar-refractivity contribution in [2.24, 2.45) is 5.73 Å². The monoisotopic (exact) mass is 268 g/mol. The predicted octanol–water partition coefficient (Wildman–Crippen LogP) is 2.09. The van der Waals surface area contributed by atoms with E-state index in [-0.39, 0.29) is 30.4 Å². The molecule has 4 nitrogen and oxygen atoms in total. The summed E-state index contributed by atoms with van der Waals surface area (Å²) in [5.74, 6) is -0.0536. The van der Waals surface area contributed by atoms with Gasteiger partial charge < -0.3 is 15.4 Å². The fourth-order valence-electron chi connectivity index (χ4n) is 1.54. The number of carbonyl (C=O) groups excluding carboxylic acids is 1. The van der Waals surface area contributed by atoms with Gasteiger partial charge in [0, 0.05) is 24.7 Å². The lowest BCUT2D eigenvalue weighted by Crippen LogP contribution is -2.36. The number of nitrogens with two attached hydrogens (primary N) is 1. The van der Waals surface area contributed by atoms with Crippen molar-refractivity contribution in [3.8, 4) is 5.75 Å². The summed E-state index contributed by atoms with van der Waals surface area (Å²) in [4.78, 5) is 13.4. The Morgan fingerprint density at radius 3 is 2.58 bits per heavy atom. The highest BCUT2D eigenvalue weighted by Gasteiger charge is 2.15. The average Bonchev–Trinajstić information content (AvgIpc) is 2.35. The van der Waals surface area contributed by atoms with Crippen molar-refractivity contribution in [3.05, 3.63) is 29.6 Å². The third kappa shape index (κ3) is 4.21. The van der Waals surface area contributed by atoms with E-state index in [1.807, 2.05) is 13.8 Å². The van der Waals surface area contributed by atoms with Crippen molar-refractivity contribution < 1.29 is 13.9 Å². The van der Waals surface area contributed by atoms with Crippen molar-refractivity contribution >= 4 is 5.91 Å². The van der Waals surface area contributed by atoms with Crippen molar-refractivity contribution in [2.45, 2.75) is 32.9 Å². The number of halogens is 1. The van der Waals surface area contributed by atoms with Crippen LogP contribution >= 0.6 is 0 Å². The second-order valence-electron chi connectivity index (χ2n) is 4.86. The molecule has 5 heteroatoms. The van der Waals surface area contributed by atoms with Crippen LogP contribution in [0.25, 0.3) is 0 Å². The number of nitrogens with zero attached hydrogens (tertiary/aromatic N) is 1. The Kier molecular flexibility index (Phi) is 5.30. The Bertz CT molecular complexity index is 447. The van der Waals surface area contributed by atoms with Crippen LogP contribution in [0.3, 0.4) is 0 Å². The van der Waals surface area contributed by atoms with Crippen molar-refractivity contribution in [1.29, 1.82) is 0 Å². The van der Waals surface area contributed by atoms with Gasteiger partial charge in [-0.2, -0.15) is 0 Å². The van der Waals surface area contributed by atoms with E-state index >= 15 is 0 Å². The third-order valence-electron chi connectivity index (χ3n) is 2.98. The molecule has 0 aliphatic carbocycles. The zero-order valence-corrected chi connectivity index (χ0v) is 11.8. The number of likely N-dealkylation sites (N-methyl/N-ethyl adjacent to an activating group) is 1. The minimum atomic E-state index is -0.370. The maximum absolute atomic E-state index is 13.2. The molecule has 1 amide bonds. The fourth-order valence-corrected chi connectivity index (χ4v) is 1.54. The summed E-state index contributed by atoms with van der Waals surface area (Å²) in [6.45, 7) is 5.50. The molecule has 0 saturated heterocycles. The second-order valence-corrected chi connectivity index (χ2v) is 4.86. The van der Waals surface area contributed by atoms with E-state index in [1.165, 1.54) is 18.2 Å². The molecule has 0 fully saturated rings. The first-order valence-corrected chi connectivity index (χ1v) is 6.26. The third-order valence-corrected chi connectivity index (χ3v) is 2.98. The van der Waals surface area contributed by atoms with Gasteiger partial charge in [0.05, 0.1) is 0 Å². The molecule has 1 atom stereocenters. The van der Waals surface area contributed by atoms with E-state index in [0.29, 0.717) is 11.3 Å². The highest BCUT2D eigenvalue weighted by molar-refractivity contribution is 5.77. The van der Waals surface area contributed by atoms with E-state index < -0.39 is 0 Å². The summed E-state index contributed by atoms with van der Waals surface area (Å²) < 4.78 is 18.6. The molecule has 0 aliphatic rings. The van der Waals surface area contributed by atoms with Crippen LogP contribution in [0.15, 0.2) is 18.2 Å². The van der Waals surface area contributed by atoms with E-state index in [2.05, 4.69) is 0 Å². The maximum Gasteiger partial charge on any atom is 0.260 e. The van der Waals surface area contributed by atoms with Crippen molar-refractivity contribution in [2.75, 3.05) is 13.7 Å². The number of hydrogen-bond acceptors (Lipinski definition) is 3. The molecule has 0 aliphatic heterocycles. The molecule has 0 radical (unpaired) electrons. The zero-order valence-electron chi connectivity index (χ0n) is 11.8. The van der Waals surface area contributed by atoms with Gasteiger partial charge in [-0.15, -0.1) is 0 Å². The van der Waals surface area contributed by atoms with E-state index in [4.69, 9.17) is 10.5 Å². The van der Waals surface area contributed by atoms with Crippen LogP contribution in [0.5, 0.6) is 5.75 Å². The molecule has 1 aromatic rings. The van der Waals surface area contributed by atoms with Crippen LogP contribution in [0.1, 0.15) is 32.4 Å². The molecule has 19 heavy (non-hydrogen) atoms. The molecule has 1 rings (SSSR count). The SMILES string of the molecule is CC(C)N(C)C(=O)COc1ccc(F)cc1[C@H](C)N. The topological polar surface area (TPSA) is 55.6 Å². The van der Waals surface area contributed by atoms with Gasteiger partial charge in [-0.1, -0.05) is 0 Å². The molecule has 2 N–H and O–H groups in total. The van der Waals surface area contributed by atoms with E-state index in [9.17, 15) is 9.18 Å². The van der Waals surface area contributed by atoms with Crippen molar-refractivity contribution in [3.63, 3.8) is 0 Å². The minimum Gasteiger partial charge on any atom is -0.483 e. The van der Waals surface area contributed by atoms with Gasteiger partial charge in [0.2, 0.25) is 0 Å². The molecule has 0 unspecified atom stereocenters. The average molecular weight is 268 g/mol. The van der Waals surface area contributed by atoms with E-state index in [1.54, 1.807) is 18.9 Å². The summed E-state index contributed by atoms with van der Waals surface area (Å²) in [5, 5.41) is 0. The second kappa shape index (κ2) is 6.52. The Morgan fingerprint density at radius 1 is 1.42 bits per heavy atom. The molecule has 0 spiro atoms. The summed E-state index contributed by atoms with van der Waals surface area (Å²) in [5.41, 5.74) is 6.31. The van der Waals surface area contributed by atoms with Crippen molar-refractivity contribution in [1.82, 2.24) is 4.90 Å². The van der Waals surface area contributed by atoms with Gasteiger partial charge in [-0.25, -0.2) is 4.39 Å². The highest BCUT2D eigenvalue weighted by atomic mass is 19.1. The van der Waals surface area contributed by atoms with Gasteiger partial charge in [0.15, 0.2) is 6.61 Å². The molecule has 0 aromatic heterocycles. The van der Waals surface area contributed by atoms with Crippen LogP contribution in [-0.2, 0) is 4.79 Å². The number of ether oxygens (including phenoxy) is 1. The summed E-state index contributed by atoms with van der Waals surface area (Å²) in [7, 11) is 1.72. The number of rotatable bonds is 5. The number of hydrogen-bond donors (Lipinski definition) is 1. The molecule has 1 aromatic carbocycles. The van der Waals surface area contributed by atoms with Gasteiger partial charge in [-0.05, 0) is 39.0 Å². The van der Waals surface area contributed by atoms with Gasteiger partial charge >= 0.3 is 0 Å². The lowest BCUT2D eigenvalue weighted by Gasteiger charge is -2.22. The summed E-state index contributed by atoms with van der Waals surface area (Å²) >= 11 is 0. The molecule has 0 saturated carbocycles. The van der Waals surface area contributed by atoms with Crippen LogP contribution in [0.2, 0.25) is 0 Å². The van der Waals surface area contributed by atoms with Crippen LogP contribution in [0, 0.1) is 5.82 Å². The lowest BCUT2D eigenvalue weighted by molar-refractivity contribution is -0.133. The largest absolute Gasteiger partial charge is 0.483 e. The van der Waals surface area contributed by atoms with Gasteiger partial charge in [-0.3, -0.25) is 4.79 Å². The normalized spacial score (nSPS) is 12.4. The Balaban J connectivity index is 2.75. The van der Waals surface area contributed by atoms with Gasteiger partial charge in [0.25, 0.3) is 5.91 Å². The number of benzene rings is 1. The zero-order chi connectivity index (χ0) is 14.6. The predicted molar refractivity (Wildman–Crippen MR) is 72.4 cm³/mol. The molecular formula is C14H21FN2O2. The highest BCUT2D eigenvalue weighted by Crippen LogP contribution is 2.24. The lowest BCUT2D eigenvalue weighted by atomic mass is 10.1. The first kappa shape index (κ1) is 15.4. The Hall–Kier alpha value is -1.62. The standard InChI is InChI=1S/C14H21FN2O2/c1-9(2)17(4)14(18)8-19-13-6-5-11(15)7-12(13)10(3)16/h5-7,9-10H,8,16H2,1-4H3/t10-/m0/s1. The summed E-state index contributed by atoms with van der Waals surface area (Å²) in [6, 6.07) is 3.87. The Morgan fingerprint density at radius 2 is 2.05 bits per heavy atom. The molecule has 0 bridgehead atoms. The molecule has 0 heterocycles. The fraction of sp³-hybridized carbons (Fsp3) is 0.500. The van der Waals surface area contributed by atoms with Crippen LogP contribution in [-0.4, -0.2) is 30.5 Å². The first-order valence-electron chi connectivity index (χ1n) is 6.26.